The summed E-state index contributed by atoms with van der Waals surface area (Å²) in [5.74, 6) is -1.34. The number of sulfonamides is 1. The summed E-state index contributed by atoms with van der Waals surface area (Å²) in [6, 6.07) is 0. The highest BCUT2D eigenvalue weighted by molar-refractivity contribution is 7.91. The molecule has 1 aliphatic carbocycles. The molecule has 20 heavy (non-hydrogen) atoms. The summed E-state index contributed by atoms with van der Waals surface area (Å²) >= 11 is 1.04. The summed E-state index contributed by atoms with van der Waals surface area (Å²) in [6.07, 6.45) is 3.93. The van der Waals surface area contributed by atoms with E-state index in [4.69, 9.17) is 0 Å². The number of carboxylic acids is 1. The van der Waals surface area contributed by atoms with Crippen LogP contribution in [0.25, 0.3) is 0 Å². The minimum atomic E-state index is -3.85. The normalized spacial score (nSPS) is 27.4. The summed E-state index contributed by atoms with van der Waals surface area (Å²) in [7, 11) is -3.85. The maximum absolute atomic E-state index is 12.4. The largest absolute Gasteiger partial charge is 0.480 e. The van der Waals surface area contributed by atoms with Crippen molar-refractivity contribution in [2.24, 2.45) is 5.92 Å². The standard InChI is InChI=1S/C12H18N2O4S2/c1-8-5-3-4-6-12(8,11(15)16)14-20(17,18)10-7-13-9(2)19-10/h7-8,14H,3-6H2,1-2H3,(H,15,16). The molecular weight excluding hydrogens is 300 g/mol. The molecule has 1 aliphatic rings. The fourth-order valence-electron chi connectivity index (χ4n) is 2.62. The number of nitrogens with one attached hydrogen (secondary N) is 1. The van der Waals surface area contributed by atoms with Crippen LogP contribution in [0.15, 0.2) is 10.4 Å². The second kappa shape index (κ2) is 5.42. The average Bonchev–Trinajstić information content (AvgIpc) is 2.79. The fraction of sp³-hybridized carbons (Fsp3) is 0.667. The van der Waals surface area contributed by atoms with Crippen LogP contribution in [-0.4, -0.2) is 30.0 Å². The molecule has 1 fully saturated rings. The zero-order valence-corrected chi connectivity index (χ0v) is 13.1. The summed E-state index contributed by atoms with van der Waals surface area (Å²) in [5, 5.41) is 10.2. The second-order valence-electron chi connectivity index (χ2n) is 5.23. The Balaban J connectivity index is 2.35. The minimum absolute atomic E-state index is 0.0633. The SMILES string of the molecule is Cc1ncc(S(=O)(=O)NC2(C(=O)O)CCCCC2C)s1. The highest BCUT2D eigenvalue weighted by Crippen LogP contribution is 2.35. The molecule has 1 aromatic rings. The van der Waals surface area contributed by atoms with Gasteiger partial charge in [-0.15, -0.1) is 11.3 Å². The van der Waals surface area contributed by atoms with Crippen LogP contribution in [-0.2, 0) is 14.8 Å². The van der Waals surface area contributed by atoms with Crippen molar-refractivity contribution >= 4 is 27.3 Å². The Bertz CT molecular complexity index is 611. The van der Waals surface area contributed by atoms with E-state index in [1.807, 2.05) is 0 Å². The smallest absolute Gasteiger partial charge is 0.325 e. The number of rotatable bonds is 4. The molecule has 0 bridgehead atoms. The minimum Gasteiger partial charge on any atom is -0.480 e. The molecule has 0 saturated heterocycles. The first-order valence-electron chi connectivity index (χ1n) is 6.48. The third-order valence-corrected chi connectivity index (χ3v) is 6.75. The molecule has 0 radical (unpaired) electrons. The molecule has 8 heteroatoms. The highest BCUT2D eigenvalue weighted by Gasteiger charge is 2.48. The van der Waals surface area contributed by atoms with Gasteiger partial charge in [-0.3, -0.25) is 4.79 Å². The topological polar surface area (TPSA) is 96.4 Å². The van der Waals surface area contributed by atoms with Crippen LogP contribution < -0.4 is 4.72 Å². The summed E-state index contributed by atoms with van der Waals surface area (Å²) in [5.41, 5.74) is -1.41. The lowest BCUT2D eigenvalue weighted by Crippen LogP contribution is -2.59. The predicted octanol–water partition coefficient (Wildman–Crippen LogP) is 1.76. The van der Waals surface area contributed by atoms with E-state index in [-0.39, 0.29) is 10.1 Å². The Morgan fingerprint density at radius 2 is 2.25 bits per heavy atom. The molecule has 112 valence electrons. The van der Waals surface area contributed by atoms with Crippen molar-refractivity contribution < 1.29 is 18.3 Å². The van der Waals surface area contributed by atoms with Gasteiger partial charge in [0.05, 0.1) is 11.2 Å². The maximum atomic E-state index is 12.4. The van der Waals surface area contributed by atoms with Gasteiger partial charge in [0.25, 0.3) is 10.0 Å². The molecule has 6 nitrogen and oxygen atoms in total. The molecular formula is C12H18N2O4S2. The van der Waals surface area contributed by atoms with E-state index in [1.54, 1.807) is 13.8 Å². The molecule has 0 aliphatic heterocycles. The van der Waals surface area contributed by atoms with Crippen molar-refractivity contribution in [3.8, 4) is 0 Å². The van der Waals surface area contributed by atoms with Crippen LogP contribution in [0.2, 0.25) is 0 Å². The third kappa shape index (κ3) is 2.72. The quantitative estimate of drug-likeness (QED) is 0.882. The van der Waals surface area contributed by atoms with Crippen LogP contribution in [0, 0.1) is 12.8 Å². The van der Waals surface area contributed by atoms with Crippen LogP contribution in [0.3, 0.4) is 0 Å². The van der Waals surface area contributed by atoms with Crippen molar-refractivity contribution in [1.29, 1.82) is 0 Å². The van der Waals surface area contributed by atoms with Gasteiger partial charge >= 0.3 is 5.97 Å². The molecule has 0 amide bonds. The zero-order chi connectivity index (χ0) is 15.0. The van der Waals surface area contributed by atoms with Gasteiger partial charge in [-0.25, -0.2) is 13.4 Å². The van der Waals surface area contributed by atoms with E-state index in [9.17, 15) is 18.3 Å². The number of hydrogen-bond donors (Lipinski definition) is 2. The molecule has 2 atom stereocenters. The van der Waals surface area contributed by atoms with E-state index in [2.05, 4.69) is 9.71 Å². The molecule has 2 unspecified atom stereocenters. The Hall–Kier alpha value is -0.990. The lowest BCUT2D eigenvalue weighted by atomic mass is 9.74. The lowest BCUT2D eigenvalue weighted by molar-refractivity contribution is -0.147. The Labute approximate surface area is 122 Å². The van der Waals surface area contributed by atoms with Crippen molar-refractivity contribution in [3.63, 3.8) is 0 Å². The molecule has 1 heterocycles. The average molecular weight is 318 g/mol. The molecule has 1 saturated carbocycles. The molecule has 0 aromatic carbocycles. The summed E-state index contributed by atoms with van der Waals surface area (Å²) in [4.78, 5) is 15.6. The van der Waals surface area contributed by atoms with Crippen LogP contribution in [0.5, 0.6) is 0 Å². The van der Waals surface area contributed by atoms with E-state index >= 15 is 0 Å². The Kier molecular flexibility index (Phi) is 4.17. The van der Waals surface area contributed by atoms with Crippen molar-refractivity contribution in [2.45, 2.75) is 49.3 Å². The second-order valence-corrected chi connectivity index (χ2v) is 8.37. The van der Waals surface area contributed by atoms with Crippen molar-refractivity contribution in [2.75, 3.05) is 0 Å². The van der Waals surface area contributed by atoms with E-state index in [0.717, 1.165) is 17.8 Å². The highest BCUT2D eigenvalue weighted by atomic mass is 32.2. The van der Waals surface area contributed by atoms with Crippen molar-refractivity contribution in [3.05, 3.63) is 11.2 Å². The number of aryl methyl sites for hydroxylation is 1. The summed E-state index contributed by atoms with van der Waals surface area (Å²) in [6.45, 7) is 3.49. The first-order valence-corrected chi connectivity index (χ1v) is 8.78. The number of aliphatic carboxylic acids is 1. The number of thiazole rings is 1. The number of aromatic nitrogens is 1. The Morgan fingerprint density at radius 1 is 1.55 bits per heavy atom. The number of carboxylic acid groups (broad SMARTS) is 1. The number of hydrogen-bond acceptors (Lipinski definition) is 5. The fourth-order valence-corrected chi connectivity index (χ4v) is 5.21. The molecule has 0 spiro atoms. The monoisotopic (exact) mass is 318 g/mol. The first-order chi connectivity index (χ1) is 9.28. The van der Waals surface area contributed by atoms with Crippen LogP contribution >= 0.6 is 11.3 Å². The van der Waals surface area contributed by atoms with Gasteiger partial charge in [-0.1, -0.05) is 19.8 Å². The number of carbonyl (C=O) groups is 1. The van der Waals surface area contributed by atoms with E-state index < -0.39 is 21.5 Å². The number of nitrogens with zero attached hydrogens (tertiary/aromatic N) is 1. The van der Waals surface area contributed by atoms with Gasteiger partial charge in [0.15, 0.2) is 4.21 Å². The van der Waals surface area contributed by atoms with Gasteiger partial charge < -0.3 is 5.11 Å². The first kappa shape index (κ1) is 15.4. The van der Waals surface area contributed by atoms with Gasteiger partial charge in [0.1, 0.15) is 5.54 Å². The molecule has 1 aromatic heterocycles. The third-order valence-electron chi connectivity index (χ3n) is 3.86. The van der Waals surface area contributed by atoms with Gasteiger partial charge in [-0.05, 0) is 25.7 Å². The molecule has 2 rings (SSSR count). The maximum Gasteiger partial charge on any atom is 0.325 e. The van der Waals surface area contributed by atoms with Gasteiger partial charge in [0, 0.05) is 0 Å². The van der Waals surface area contributed by atoms with Crippen LogP contribution in [0.1, 0.15) is 37.6 Å². The molecule has 2 N–H and O–H groups in total. The zero-order valence-electron chi connectivity index (χ0n) is 11.4. The van der Waals surface area contributed by atoms with Crippen LogP contribution in [0.4, 0.5) is 0 Å². The van der Waals surface area contributed by atoms with E-state index in [0.29, 0.717) is 24.3 Å². The lowest BCUT2D eigenvalue weighted by Gasteiger charge is -2.38. The Morgan fingerprint density at radius 3 is 2.75 bits per heavy atom. The predicted molar refractivity (Wildman–Crippen MR) is 75.2 cm³/mol. The summed E-state index contributed by atoms with van der Waals surface area (Å²) < 4.78 is 27.2. The van der Waals surface area contributed by atoms with Crippen molar-refractivity contribution in [1.82, 2.24) is 9.71 Å². The van der Waals surface area contributed by atoms with E-state index in [1.165, 1.54) is 6.20 Å². The van der Waals surface area contributed by atoms with Gasteiger partial charge in [-0.2, -0.15) is 4.72 Å². The van der Waals surface area contributed by atoms with Gasteiger partial charge in [0.2, 0.25) is 0 Å².